The lowest BCUT2D eigenvalue weighted by Crippen LogP contribution is -2.36. The molecule has 0 radical (unpaired) electrons. The van der Waals surface area contributed by atoms with Crippen LogP contribution in [0.2, 0.25) is 0 Å². The van der Waals surface area contributed by atoms with E-state index in [4.69, 9.17) is 4.74 Å². The van der Waals surface area contributed by atoms with Crippen LogP contribution in [0.1, 0.15) is 48.6 Å². The maximum atomic E-state index is 13.3. The number of hydrogen-bond acceptors (Lipinski definition) is 2. The smallest absolute Gasteiger partial charge is 0.123 e. The van der Waals surface area contributed by atoms with Crippen LogP contribution in [0.5, 0.6) is 0 Å². The van der Waals surface area contributed by atoms with Gasteiger partial charge in [0.15, 0.2) is 0 Å². The fourth-order valence-corrected chi connectivity index (χ4v) is 3.94. The molecule has 0 aromatic heterocycles. The molecule has 0 unspecified atom stereocenters. The molecule has 0 aliphatic carbocycles. The van der Waals surface area contributed by atoms with Crippen molar-refractivity contribution < 1.29 is 9.13 Å². The number of hydrogen-bond donors (Lipinski definition) is 1. The summed E-state index contributed by atoms with van der Waals surface area (Å²) in [6.45, 7) is 3.01. The highest BCUT2D eigenvalue weighted by atomic mass is 19.1. The molecule has 2 aromatic carbocycles. The Morgan fingerprint density at radius 2 is 2.00 bits per heavy atom. The summed E-state index contributed by atoms with van der Waals surface area (Å²) in [6.07, 6.45) is 3.40. The Labute approximate surface area is 136 Å². The van der Waals surface area contributed by atoms with Gasteiger partial charge in [-0.15, -0.1) is 0 Å². The van der Waals surface area contributed by atoms with Gasteiger partial charge in [0, 0.05) is 23.8 Å². The zero-order valence-electron chi connectivity index (χ0n) is 13.4. The summed E-state index contributed by atoms with van der Waals surface area (Å²) in [7, 11) is 0. The first-order valence-electron chi connectivity index (χ1n) is 8.52. The van der Waals surface area contributed by atoms with E-state index < -0.39 is 0 Å². The number of ether oxygens (including phenoxy) is 1. The predicted octanol–water partition coefficient (Wildman–Crippen LogP) is 5.02. The van der Waals surface area contributed by atoms with Gasteiger partial charge in [-0.3, -0.25) is 0 Å². The van der Waals surface area contributed by atoms with Gasteiger partial charge in [-0.25, -0.2) is 4.39 Å². The largest absolute Gasteiger partial charge is 0.378 e. The monoisotopic (exact) mass is 311 g/mol. The topological polar surface area (TPSA) is 21.3 Å². The van der Waals surface area contributed by atoms with Crippen LogP contribution in [-0.4, -0.2) is 6.61 Å². The molecule has 2 aliphatic heterocycles. The van der Waals surface area contributed by atoms with Crippen molar-refractivity contribution in [2.45, 2.75) is 38.3 Å². The molecule has 0 amide bonds. The van der Waals surface area contributed by atoms with Crippen LogP contribution in [0, 0.1) is 11.7 Å². The van der Waals surface area contributed by atoms with Crippen molar-refractivity contribution >= 4 is 5.69 Å². The minimum atomic E-state index is -0.186. The third-order valence-corrected chi connectivity index (χ3v) is 5.17. The van der Waals surface area contributed by atoms with Crippen molar-refractivity contribution in [2.24, 2.45) is 5.92 Å². The highest BCUT2D eigenvalue weighted by molar-refractivity contribution is 5.58. The van der Waals surface area contributed by atoms with Gasteiger partial charge in [0.2, 0.25) is 0 Å². The highest BCUT2D eigenvalue weighted by Crippen LogP contribution is 2.49. The summed E-state index contributed by atoms with van der Waals surface area (Å²) < 4.78 is 19.4. The quantitative estimate of drug-likeness (QED) is 0.840. The second kappa shape index (κ2) is 5.97. The minimum Gasteiger partial charge on any atom is -0.378 e. The summed E-state index contributed by atoms with van der Waals surface area (Å²) >= 11 is 0. The molecule has 0 spiro atoms. The van der Waals surface area contributed by atoms with Crippen molar-refractivity contribution in [3.05, 3.63) is 65.0 Å². The zero-order chi connectivity index (χ0) is 15.8. The summed E-state index contributed by atoms with van der Waals surface area (Å²) in [5.74, 6) is 0.211. The molecule has 2 nitrogen and oxygen atoms in total. The lowest BCUT2D eigenvalue weighted by molar-refractivity contribution is -0.0381. The van der Waals surface area contributed by atoms with Crippen molar-refractivity contribution in [3.63, 3.8) is 0 Å². The minimum absolute atomic E-state index is 0.140. The average Bonchev–Trinajstić information content (AvgIpc) is 2.61. The van der Waals surface area contributed by atoms with E-state index >= 15 is 0 Å². The molecule has 1 N–H and O–H groups in total. The van der Waals surface area contributed by atoms with Gasteiger partial charge in [0.05, 0.1) is 12.1 Å². The number of halogens is 1. The molecule has 3 atom stereocenters. The molecule has 1 fully saturated rings. The van der Waals surface area contributed by atoms with Crippen molar-refractivity contribution in [3.8, 4) is 0 Å². The van der Waals surface area contributed by atoms with E-state index in [2.05, 4.69) is 30.4 Å². The lowest BCUT2D eigenvalue weighted by atomic mass is 9.77. The van der Waals surface area contributed by atoms with Crippen LogP contribution in [0.4, 0.5) is 10.1 Å². The Kier molecular flexibility index (Phi) is 3.82. The van der Waals surface area contributed by atoms with Crippen LogP contribution in [0.15, 0.2) is 42.5 Å². The number of fused-ring (bicyclic) bond motifs is 3. The van der Waals surface area contributed by atoms with Gasteiger partial charge in [-0.2, -0.15) is 0 Å². The van der Waals surface area contributed by atoms with Crippen LogP contribution in [0.3, 0.4) is 0 Å². The summed E-state index contributed by atoms with van der Waals surface area (Å²) in [5, 5.41) is 3.68. The Morgan fingerprint density at radius 3 is 2.78 bits per heavy atom. The first-order valence-corrected chi connectivity index (χ1v) is 8.52. The van der Waals surface area contributed by atoms with Crippen molar-refractivity contribution in [1.82, 2.24) is 0 Å². The Bertz CT molecular complexity index is 697. The van der Waals surface area contributed by atoms with Gasteiger partial charge < -0.3 is 10.1 Å². The SMILES string of the molecule is CCc1ccc2c(c1)[C@H]1OCCC[C@H]1[C@@H](c1ccc(F)cc1)N2. The van der Waals surface area contributed by atoms with E-state index in [0.29, 0.717) is 5.92 Å². The second-order valence-electron chi connectivity index (χ2n) is 6.55. The molecule has 1 saturated heterocycles. The fraction of sp³-hybridized carbons (Fsp3) is 0.400. The van der Waals surface area contributed by atoms with E-state index in [0.717, 1.165) is 37.1 Å². The third-order valence-electron chi connectivity index (χ3n) is 5.17. The first-order chi connectivity index (χ1) is 11.3. The number of benzene rings is 2. The van der Waals surface area contributed by atoms with Crippen LogP contribution < -0.4 is 5.32 Å². The van der Waals surface area contributed by atoms with Gasteiger partial charge >= 0.3 is 0 Å². The first kappa shape index (κ1) is 14.7. The van der Waals surface area contributed by atoms with E-state index in [9.17, 15) is 4.39 Å². The Morgan fingerprint density at radius 1 is 1.17 bits per heavy atom. The molecule has 120 valence electrons. The van der Waals surface area contributed by atoms with Crippen molar-refractivity contribution in [2.75, 3.05) is 11.9 Å². The molecular weight excluding hydrogens is 289 g/mol. The number of rotatable bonds is 2. The number of nitrogens with one attached hydrogen (secondary N) is 1. The zero-order valence-corrected chi connectivity index (χ0v) is 13.4. The lowest BCUT2D eigenvalue weighted by Gasteiger charge is -2.43. The van der Waals surface area contributed by atoms with Crippen LogP contribution in [0.25, 0.3) is 0 Å². The molecule has 2 aromatic rings. The molecule has 3 heteroatoms. The number of aryl methyl sites for hydroxylation is 1. The molecule has 23 heavy (non-hydrogen) atoms. The van der Waals surface area contributed by atoms with Gasteiger partial charge in [-0.1, -0.05) is 31.2 Å². The molecule has 4 rings (SSSR count). The van der Waals surface area contributed by atoms with E-state index in [1.165, 1.54) is 11.1 Å². The maximum Gasteiger partial charge on any atom is 0.123 e. The summed E-state index contributed by atoms with van der Waals surface area (Å²) in [5.41, 5.74) is 4.92. The average molecular weight is 311 g/mol. The molecule has 0 saturated carbocycles. The summed E-state index contributed by atoms with van der Waals surface area (Å²) in [4.78, 5) is 0. The normalized spacial score (nSPS) is 26.1. The van der Waals surface area contributed by atoms with Crippen LogP contribution in [-0.2, 0) is 11.2 Å². The molecule has 0 bridgehead atoms. The van der Waals surface area contributed by atoms with E-state index in [1.54, 1.807) is 12.1 Å². The fourth-order valence-electron chi connectivity index (χ4n) is 3.94. The maximum absolute atomic E-state index is 13.3. The summed E-state index contributed by atoms with van der Waals surface area (Å²) in [6, 6.07) is 13.7. The van der Waals surface area contributed by atoms with E-state index in [1.807, 2.05) is 12.1 Å². The van der Waals surface area contributed by atoms with Gasteiger partial charge in [0.25, 0.3) is 0 Å². The molecule has 2 heterocycles. The van der Waals surface area contributed by atoms with Gasteiger partial charge in [0.1, 0.15) is 5.82 Å². The number of anilines is 1. The van der Waals surface area contributed by atoms with Crippen molar-refractivity contribution in [1.29, 1.82) is 0 Å². The van der Waals surface area contributed by atoms with Crippen LogP contribution >= 0.6 is 0 Å². The standard InChI is InChI=1S/C20H22FNO/c1-2-13-5-10-18-17(12-13)20-16(4-3-11-23-20)19(22-18)14-6-8-15(21)9-7-14/h5-10,12,16,19-20,22H,2-4,11H2,1H3/t16-,19+,20-/m0/s1. The van der Waals surface area contributed by atoms with E-state index in [-0.39, 0.29) is 18.0 Å². The highest BCUT2D eigenvalue weighted by Gasteiger charge is 2.39. The predicted molar refractivity (Wildman–Crippen MR) is 90.0 cm³/mol. The molecular formula is C20H22FNO. The third kappa shape index (κ3) is 2.63. The van der Waals surface area contributed by atoms with Gasteiger partial charge in [-0.05, 0) is 48.6 Å². The Balaban J connectivity index is 1.75. The second-order valence-corrected chi connectivity index (χ2v) is 6.55. The molecule has 2 aliphatic rings. The Hall–Kier alpha value is -1.87.